The molecule has 1 aromatic rings. The number of anilines is 2. The van der Waals surface area contributed by atoms with Gasteiger partial charge in [-0.25, -0.2) is 4.98 Å². The number of hydrogen-bond acceptors (Lipinski definition) is 3. The first kappa shape index (κ1) is 6.86. The maximum Gasteiger partial charge on any atom is 0.125 e. The summed E-state index contributed by atoms with van der Waals surface area (Å²) in [7, 11) is 0. The monoisotopic (exact) mass is 137 g/mol. The largest absolute Gasteiger partial charge is 0.399 e. The molecule has 0 atom stereocenters. The van der Waals surface area contributed by atoms with Gasteiger partial charge in [0.2, 0.25) is 0 Å². The lowest BCUT2D eigenvalue weighted by molar-refractivity contribution is 1.04. The van der Waals surface area contributed by atoms with Gasteiger partial charge in [0.05, 0.1) is 0 Å². The van der Waals surface area contributed by atoms with Crippen LogP contribution in [0.15, 0.2) is 12.1 Å². The van der Waals surface area contributed by atoms with Crippen LogP contribution in [0.2, 0.25) is 0 Å². The summed E-state index contributed by atoms with van der Waals surface area (Å²) in [6, 6.07) is 3.48. The van der Waals surface area contributed by atoms with Crippen molar-refractivity contribution in [3.8, 4) is 0 Å². The lowest BCUT2D eigenvalue weighted by Crippen LogP contribution is -1.97. The van der Waals surface area contributed by atoms with Gasteiger partial charge in [-0.1, -0.05) is 6.92 Å². The highest BCUT2D eigenvalue weighted by Crippen LogP contribution is 2.08. The standard InChI is InChI=1S/C7H11N3/c1-2-6-3-5(8)4-7(9)10-6/h3-4H,2H2,1H3,(H4,8,9,10). The fraction of sp³-hybridized carbons (Fsp3) is 0.286. The molecule has 1 heterocycles. The molecule has 0 aliphatic rings. The molecule has 0 bridgehead atoms. The molecular weight excluding hydrogens is 126 g/mol. The lowest BCUT2D eigenvalue weighted by atomic mass is 10.2. The third-order valence-electron chi connectivity index (χ3n) is 1.28. The molecule has 54 valence electrons. The van der Waals surface area contributed by atoms with Crippen LogP contribution in [0.1, 0.15) is 12.6 Å². The Morgan fingerprint density at radius 3 is 2.60 bits per heavy atom. The van der Waals surface area contributed by atoms with Gasteiger partial charge in [0.25, 0.3) is 0 Å². The molecule has 4 N–H and O–H groups in total. The fourth-order valence-electron chi connectivity index (χ4n) is 0.816. The molecule has 0 unspecified atom stereocenters. The molecule has 0 aliphatic heterocycles. The minimum atomic E-state index is 0.497. The lowest BCUT2D eigenvalue weighted by Gasteiger charge is -1.99. The van der Waals surface area contributed by atoms with E-state index < -0.39 is 0 Å². The minimum absolute atomic E-state index is 0.497. The second-order valence-corrected chi connectivity index (χ2v) is 2.17. The van der Waals surface area contributed by atoms with E-state index in [2.05, 4.69) is 4.98 Å². The summed E-state index contributed by atoms with van der Waals surface area (Å²) in [4.78, 5) is 4.05. The topological polar surface area (TPSA) is 64.9 Å². The van der Waals surface area contributed by atoms with Crippen molar-refractivity contribution < 1.29 is 0 Å². The van der Waals surface area contributed by atoms with Crippen molar-refractivity contribution in [2.45, 2.75) is 13.3 Å². The normalized spacial score (nSPS) is 9.70. The van der Waals surface area contributed by atoms with Crippen LogP contribution in [0.3, 0.4) is 0 Å². The molecule has 0 aromatic carbocycles. The zero-order valence-electron chi connectivity index (χ0n) is 5.96. The van der Waals surface area contributed by atoms with Gasteiger partial charge in [0.1, 0.15) is 5.82 Å². The summed E-state index contributed by atoms with van der Waals surface area (Å²) in [6.07, 6.45) is 0.870. The van der Waals surface area contributed by atoms with Crippen LogP contribution >= 0.6 is 0 Å². The molecule has 0 spiro atoms. The van der Waals surface area contributed by atoms with Crippen LogP contribution in [0, 0.1) is 0 Å². The van der Waals surface area contributed by atoms with Crippen molar-refractivity contribution in [1.82, 2.24) is 4.98 Å². The Bertz CT molecular complexity index is 212. The van der Waals surface area contributed by atoms with Gasteiger partial charge >= 0.3 is 0 Å². The molecule has 1 rings (SSSR count). The Kier molecular flexibility index (Phi) is 1.76. The highest BCUT2D eigenvalue weighted by Gasteiger charge is 1.93. The van der Waals surface area contributed by atoms with E-state index in [1.54, 1.807) is 6.07 Å². The van der Waals surface area contributed by atoms with Gasteiger partial charge in [-0.2, -0.15) is 0 Å². The molecule has 0 radical (unpaired) electrons. The quantitative estimate of drug-likeness (QED) is 0.602. The van der Waals surface area contributed by atoms with Gasteiger partial charge in [-0.15, -0.1) is 0 Å². The first-order valence-electron chi connectivity index (χ1n) is 3.24. The van der Waals surface area contributed by atoms with Gasteiger partial charge in [-0.3, -0.25) is 0 Å². The number of aromatic nitrogens is 1. The second-order valence-electron chi connectivity index (χ2n) is 2.17. The molecule has 10 heavy (non-hydrogen) atoms. The summed E-state index contributed by atoms with van der Waals surface area (Å²) in [5, 5.41) is 0. The highest BCUT2D eigenvalue weighted by atomic mass is 14.8. The van der Waals surface area contributed by atoms with E-state index >= 15 is 0 Å². The molecule has 0 amide bonds. The SMILES string of the molecule is CCc1cc(N)cc(N)n1. The summed E-state index contributed by atoms with van der Waals surface area (Å²) < 4.78 is 0. The average Bonchev–Trinajstić information content (AvgIpc) is 1.85. The van der Waals surface area contributed by atoms with E-state index in [0.717, 1.165) is 12.1 Å². The predicted molar refractivity (Wildman–Crippen MR) is 42.4 cm³/mol. The molecule has 0 saturated heterocycles. The molecule has 3 heteroatoms. The first-order valence-corrected chi connectivity index (χ1v) is 3.24. The number of nitrogens with zero attached hydrogens (tertiary/aromatic N) is 1. The summed E-state index contributed by atoms with van der Waals surface area (Å²) in [5.74, 6) is 0.497. The molecule has 0 fully saturated rings. The molecule has 0 saturated carbocycles. The van der Waals surface area contributed by atoms with E-state index in [1.165, 1.54) is 0 Å². The van der Waals surface area contributed by atoms with Crippen molar-refractivity contribution in [1.29, 1.82) is 0 Å². The third kappa shape index (κ3) is 1.37. The molecule has 3 nitrogen and oxygen atoms in total. The van der Waals surface area contributed by atoms with E-state index in [9.17, 15) is 0 Å². The van der Waals surface area contributed by atoms with Gasteiger partial charge < -0.3 is 11.5 Å². The number of hydrogen-bond donors (Lipinski definition) is 2. The van der Waals surface area contributed by atoms with Crippen LogP contribution in [0.4, 0.5) is 11.5 Å². The molecule has 0 aliphatic carbocycles. The maximum absolute atomic E-state index is 5.52. The van der Waals surface area contributed by atoms with E-state index in [0.29, 0.717) is 11.5 Å². The summed E-state index contributed by atoms with van der Waals surface area (Å²) >= 11 is 0. The smallest absolute Gasteiger partial charge is 0.125 e. The van der Waals surface area contributed by atoms with Crippen molar-refractivity contribution in [2.75, 3.05) is 11.5 Å². The third-order valence-corrected chi connectivity index (χ3v) is 1.28. The number of pyridine rings is 1. The Labute approximate surface area is 60.1 Å². The number of nitrogens with two attached hydrogens (primary N) is 2. The Hall–Kier alpha value is -1.25. The van der Waals surface area contributed by atoms with Crippen molar-refractivity contribution in [3.63, 3.8) is 0 Å². The Morgan fingerprint density at radius 2 is 2.10 bits per heavy atom. The fourth-order valence-corrected chi connectivity index (χ4v) is 0.816. The van der Waals surface area contributed by atoms with Crippen LogP contribution < -0.4 is 11.5 Å². The van der Waals surface area contributed by atoms with Crippen molar-refractivity contribution in [2.24, 2.45) is 0 Å². The second kappa shape index (κ2) is 2.56. The molecular formula is C7H11N3. The number of rotatable bonds is 1. The van der Waals surface area contributed by atoms with Crippen molar-refractivity contribution in [3.05, 3.63) is 17.8 Å². The number of nitrogen functional groups attached to an aromatic ring is 2. The summed E-state index contributed by atoms with van der Waals surface area (Å²) in [5.41, 5.74) is 12.6. The maximum atomic E-state index is 5.52. The Balaban J connectivity index is 3.06. The summed E-state index contributed by atoms with van der Waals surface area (Å²) in [6.45, 7) is 2.02. The minimum Gasteiger partial charge on any atom is -0.399 e. The van der Waals surface area contributed by atoms with Gasteiger partial charge in [0.15, 0.2) is 0 Å². The van der Waals surface area contributed by atoms with E-state index in [1.807, 2.05) is 13.0 Å². The van der Waals surface area contributed by atoms with Crippen molar-refractivity contribution >= 4 is 11.5 Å². The van der Waals surface area contributed by atoms with Crippen LogP contribution in [0.5, 0.6) is 0 Å². The van der Waals surface area contributed by atoms with Gasteiger partial charge in [0, 0.05) is 17.4 Å². The predicted octanol–water partition coefficient (Wildman–Crippen LogP) is 0.808. The highest BCUT2D eigenvalue weighted by molar-refractivity contribution is 5.47. The van der Waals surface area contributed by atoms with Crippen LogP contribution in [-0.4, -0.2) is 4.98 Å². The average molecular weight is 137 g/mol. The van der Waals surface area contributed by atoms with Gasteiger partial charge in [-0.05, 0) is 12.5 Å². The zero-order chi connectivity index (χ0) is 7.56. The van der Waals surface area contributed by atoms with Crippen LogP contribution in [-0.2, 0) is 6.42 Å². The van der Waals surface area contributed by atoms with E-state index in [-0.39, 0.29) is 0 Å². The zero-order valence-corrected chi connectivity index (χ0v) is 5.96. The first-order chi connectivity index (χ1) is 4.72. The van der Waals surface area contributed by atoms with Crippen LogP contribution in [0.25, 0.3) is 0 Å². The van der Waals surface area contributed by atoms with E-state index in [4.69, 9.17) is 11.5 Å². The number of aryl methyl sites for hydroxylation is 1. The Morgan fingerprint density at radius 1 is 1.40 bits per heavy atom. The molecule has 1 aromatic heterocycles.